The van der Waals surface area contributed by atoms with Crippen molar-refractivity contribution in [2.24, 2.45) is 16.6 Å². The van der Waals surface area contributed by atoms with Crippen LogP contribution < -0.4 is 5.73 Å². The van der Waals surface area contributed by atoms with Crippen LogP contribution in [-0.2, 0) is 14.0 Å². The zero-order chi connectivity index (χ0) is 17.5. The molecule has 0 aromatic carbocycles. The van der Waals surface area contributed by atoms with Gasteiger partial charge >= 0.3 is 7.12 Å². The van der Waals surface area contributed by atoms with Gasteiger partial charge in [0, 0.05) is 6.20 Å². The second-order valence-corrected chi connectivity index (χ2v) is 7.42. The van der Waals surface area contributed by atoms with Crippen LogP contribution in [0.15, 0.2) is 16.7 Å². The van der Waals surface area contributed by atoms with Crippen molar-refractivity contribution in [2.45, 2.75) is 64.8 Å². The second kappa shape index (κ2) is 6.18. The first-order chi connectivity index (χ1) is 10.5. The van der Waals surface area contributed by atoms with Gasteiger partial charge < -0.3 is 19.8 Å². The normalized spacial score (nSPS) is 30.7. The van der Waals surface area contributed by atoms with E-state index in [0.29, 0.717) is 0 Å². The molecule has 2 N–H and O–H groups in total. The molecule has 1 atom stereocenters. The Labute approximate surface area is 138 Å². The molecule has 1 unspecified atom stereocenters. The average Bonchev–Trinajstić information content (AvgIpc) is 2.66. The molecule has 2 aliphatic heterocycles. The van der Waals surface area contributed by atoms with E-state index in [1.54, 1.807) is 6.20 Å². The minimum Gasteiger partial charge on any atom is -0.400 e. The summed E-state index contributed by atoms with van der Waals surface area (Å²) in [6, 6.07) is 0. The Hall–Kier alpha value is -0.915. The molecule has 130 valence electrons. The maximum atomic E-state index is 14.2. The molecule has 23 heavy (non-hydrogen) atoms. The molecule has 0 spiro atoms. The van der Waals surface area contributed by atoms with Crippen LogP contribution in [0.4, 0.5) is 4.39 Å². The molecule has 0 aromatic heterocycles. The van der Waals surface area contributed by atoms with Crippen molar-refractivity contribution in [3.8, 4) is 0 Å². The van der Waals surface area contributed by atoms with E-state index in [0.717, 1.165) is 11.9 Å². The predicted octanol–water partition coefficient (Wildman–Crippen LogP) is 2.64. The molecule has 2 heterocycles. The monoisotopic (exact) mass is 326 g/mol. The van der Waals surface area contributed by atoms with Crippen molar-refractivity contribution in [3.05, 3.63) is 11.7 Å². The lowest BCUT2D eigenvalue weighted by molar-refractivity contribution is -0.0875. The first-order valence-corrected chi connectivity index (χ1v) is 8.20. The van der Waals surface area contributed by atoms with Crippen LogP contribution >= 0.6 is 0 Å². The molecule has 2 rings (SSSR count). The molecule has 0 radical (unpaired) electrons. The molecule has 0 aromatic rings. The number of hydrogen-bond donors (Lipinski definition) is 1. The number of allylic oxidation sites excluding steroid dienone is 1. The van der Waals surface area contributed by atoms with Crippen LogP contribution in [0.1, 0.15) is 48.0 Å². The highest BCUT2D eigenvalue weighted by Crippen LogP contribution is 2.42. The van der Waals surface area contributed by atoms with Crippen molar-refractivity contribution in [3.63, 3.8) is 0 Å². The Morgan fingerprint density at radius 1 is 1.30 bits per heavy atom. The van der Waals surface area contributed by atoms with Gasteiger partial charge in [-0.2, -0.15) is 0 Å². The first-order valence-electron chi connectivity index (χ1n) is 8.20. The molecule has 0 bridgehead atoms. The van der Waals surface area contributed by atoms with Gasteiger partial charge in [-0.25, -0.2) is 9.38 Å². The highest BCUT2D eigenvalue weighted by molar-refractivity contribution is 6.54. The van der Waals surface area contributed by atoms with Crippen LogP contribution in [0.25, 0.3) is 0 Å². The Morgan fingerprint density at radius 3 is 2.30 bits per heavy atom. The van der Waals surface area contributed by atoms with Gasteiger partial charge in [0.25, 0.3) is 0 Å². The molecular weight excluding hydrogens is 298 g/mol. The molecule has 7 heteroatoms. The third-order valence-corrected chi connectivity index (χ3v) is 5.13. The number of rotatable bonds is 5. The van der Waals surface area contributed by atoms with Crippen LogP contribution in [0, 0.1) is 5.92 Å². The van der Waals surface area contributed by atoms with Crippen LogP contribution in [0.5, 0.6) is 0 Å². The summed E-state index contributed by atoms with van der Waals surface area (Å²) < 4.78 is 31.3. The minimum atomic E-state index is -1.65. The number of nitrogens with zero attached hydrogens (tertiary/aromatic N) is 1. The minimum absolute atomic E-state index is 0.0372. The van der Waals surface area contributed by atoms with Gasteiger partial charge in [0.2, 0.25) is 5.67 Å². The molecule has 0 saturated carbocycles. The summed E-state index contributed by atoms with van der Waals surface area (Å²) in [7, 11) is -0.500. The van der Waals surface area contributed by atoms with Gasteiger partial charge in [-0.1, -0.05) is 20.8 Å². The van der Waals surface area contributed by atoms with Crippen molar-refractivity contribution in [1.82, 2.24) is 0 Å². The first kappa shape index (κ1) is 18.4. The SMILES string of the molecule is CCC1(C)OB(/C(=C/N=C(N)C2(F)COC2)C(C)C)OC1(C)C. The summed E-state index contributed by atoms with van der Waals surface area (Å²) >= 11 is 0. The quantitative estimate of drug-likeness (QED) is 0.479. The van der Waals surface area contributed by atoms with E-state index in [-0.39, 0.29) is 30.6 Å². The van der Waals surface area contributed by atoms with Crippen LogP contribution in [0.2, 0.25) is 0 Å². The Kier molecular flexibility index (Phi) is 4.95. The Morgan fingerprint density at radius 2 is 1.91 bits per heavy atom. The van der Waals surface area contributed by atoms with Crippen molar-refractivity contribution in [2.75, 3.05) is 13.2 Å². The van der Waals surface area contributed by atoms with Gasteiger partial charge in [-0.3, -0.25) is 0 Å². The van der Waals surface area contributed by atoms with Gasteiger partial charge in [0.05, 0.1) is 24.4 Å². The number of halogens is 1. The van der Waals surface area contributed by atoms with Gasteiger partial charge in [0.1, 0.15) is 5.84 Å². The molecule has 5 nitrogen and oxygen atoms in total. The molecule has 0 aliphatic carbocycles. The fourth-order valence-corrected chi connectivity index (χ4v) is 2.61. The van der Waals surface area contributed by atoms with Gasteiger partial charge in [-0.15, -0.1) is 0 Å². The zero-order valence-corrected chi connectivity index (χ0v) is 15.0. The van der Waals surface area contributed by atoms with Crippen molar-refractivity contribution < 1.29 is 18.4 Å². The van der Waals surface area contributed by atoms with E-state index in [4.69, 9.17) is 19.8 Å². The van der Waals surface area contributed by atoms with Crippen molar-refractivity contribution in [1.29, 1.82) is 0 Å². The van der Waals surface area contributed by atoms with Crippen LogP contribution in [0.3, 0.4) is 0 Å². The third-order valence-electron chi connectivity index (χ3n) is 5.13. The fraction of sp³-hybridized carbons (Fsp3) is 0.812. The summed E-state index contributed by atoms with van der Waals surface area (Å²) in [4.78, 5) is 4.12. The van der Waals surface area contributed by atoms with E-state index in [2.05, 4.69) is 11.9 Å². The van der Waals surface area contributed by atoms with Gasteiger partial charge in [-0.05, 0) is 38.6 Å². The number of ether oxygens (including phenoxy) is 1. The zero-order valence-electron chi connectivity index (χ0n) is 15.0. The molecule has 0 amide bonds. The summed E-state index contributed by atoms with van der Waals surface area (Å²) in [6.45, 7) is 12.1. The van der Waals surface area contributed by atoms with Gasteiger partial charge in [0.15, 0.2) is 0 Å². The van der Waals surface area contributed by atoms with Crippen molar-refractivity contribution >= 4 is 13.0 Å². The number of nitrogens with two attached hydrogens (primary N) is 1. The average molecular weight is 326 g/mol. The van der Waals surface area contributed by atoms with E-state index in [1.807, 2.05) is 34.6 Å². The number of aliphatic imine (C=N–C) groups is 1. The lowest BCUT2D eigenvalue weighted by atomic mass is 9.72. The number of hydrogen-bond acceptors (Lipinski definition) is 4. The maximum Gasteiger partial charge on any atom is 0.492 e. The third kappa shape index (κ3) is 3.32. The highest BCUT2D eigenvalue weighted by atomic mass is 19.1. The second-order valence-electron chi connectivity index (χ2n) is 7.42. The Bertz CT molecular complexity index is 517. The fourth-order valence-electron chi connectivity index (χ4n) is 2.61. The number of alkyl halides is 1. The molecule has 2 aliphatic rings. The summed E-state index contributed by atoms with van der Waals surface area (Å²) in [5.74, 6) is 0.0807. The maximum absolute atomic E-state index is 14.2. The Balaban J connectivity index is 2.23. The van der Waals surface area contributed by atoms with E-state index < -0.39 is 18.4 Å². The largest absolute Gasteiger partial charge is 0.492 e. The van der Waals surface area contributed by atoms with E-state index in [9.17, 15) is 4.39 Å². The highest BCUT2D eigenvalue weighted by Gasteiger charge is 2.54. The molecular formula is C16H28BFN2O3. The summed E-state index contributed by atoms with van der Waals surface area (Å²) in [5.41, 5.74) is 4.16. The molecule has 2 fully saturated rings. The smallest absolute Gasteiger partial charge is 0.400 e. The van der Waals surface area contributed by atoms with E-state index >= 15 is 0 Å². The predicted molar refractivity (Wildman–Crippen MR) is 89.9 cm³/mol. The summed E-state index contributed by atoms with van der Waals surface area (Å²) in [6.07, 6.45) is 2.42. The molecule has 2 saturated heterocycles. The van der Waals surface area contributed by atoms with E-state index in [1.165, 1.54) is 0 Å². The lowest BCUT2D eigenvalue weighted by Crippen LogP contribution is -2.55. The summed E-state index contributed by atoms with van der Waals surface area (Å²) in [5, 5.41) is 0. The van der Waals surface area contributed by atoms with Crippen LogP contribution in [-0.4, -0.2) is 43.0 Å². The lowest BCUT2D eigenvalue weighted by Gasteiger charge is -2.35. The topological polar surface area (TPSA) is 66.1 Å². The number of amidine groups is 1. The standard InChI is InChI=1S/C16H28BFN2O3/c1-7-15(6)14(4,5)22-17(23-15)12(11(2)3)8-20-13(19)16(18)9-21-10-16/h8,11H,7,9-10H2,1-6H3,(H2,19,20)/b12-8+.